The Morgan fingerprint density at radius 1 is 1.05 bits per heavy atom. The Morgan fingerprint density at radius 2 is 1.60 bits per heavy atom. The molecule has 1 saturated heterocycles. The van der Waals surface area contributed by atoms with Gasteiger partial charge in [0.15, 0.2) is 0 Å². The van der Waals surface area contributed by atoms with Gasteiger partial charge in [0.1, 0.15) is 11.9 Å². The van der Waals surface area contributed by atoms with Gasteiger partial charge in [-0.2, -0.15) is 0 Å². The number of carbonyl (C=O) groups is 1. The number of rotatable bonds is 10. The summed E-state index contributed by atoms with van der Waals surface area (Å²) in [5, 5.41) is 9.65. The molecular weight excluding hydrogens is 252 g/mol. The number of carbonyl (C=O) groups excluding carboxylic acids is 1. The second-order valence-electron chi connectivity index (χ2n) is 5.26. The molecule has 0 aromatic heterocycles. The number of ether oxygens (including phenoxy) is 1. The van der Waals surface area contributed by atoms with Crippen molar-refractivity contribution >= 4 is 5.97 Å². The van der Waals surface area contributed by atoms with Crippen LogP contribution in [0.3, 0.4) is 0 Å². The highest BCUT2D eigenvalue weighted by molar-refractivity contribution is 5.93. The third kappa shape index (κ3) is 5.74. The summed E-state index contributed by atoms with van der Waals surface area (Å²) in [5.74, 6) is -0.314. The van der Waals surface area contributed by atoms with E-state index >= 15 is 0 Å². The molecule has 3 nitrogen and oxygen atoms in total. The van der Waals surface area contributed by atoms with Crippen molar-refractivity contribution in [3.05, 3.63) is 36.6 Å². The van der Waals surface area contributed by atoms with Crippen molar-refractivity contribution in [2.45, 2.75) is 63.9 Å². The predicted molar refractivity (Wildman–Crippen MR) is 81.1 cm³/mol. The van der Waals surface area contributed by atoms with Crippen LogP contribution < -0.4 is 0 Å². The average Bonchev–Trinajstić information content (AvgIpc) is 2.67. The van der Waals surface area contributed by atoms with Crippen molar-refractivity contribution in [2.24, 2.45) is 0 Å². The number of cyclic esters (lactones) is 1. The molecule has 0 aromatic carbocycles. The summed E-state index contributed by atoms with van der Waals surface area (Å²) in [4.78, 5) is 11.4. The number of aliphatic hydroxyl groups excluding tert-OH is 1. The zero-order valence-corrected chi connectivity index (χ0v) is 12.3. The quantitative estimate of drug-likeness (QED) is 0.284. The number of hydrogen-bond donors (Lipinski definition) is 1. The maximum Gasteiger partial charge on any atom is 0.341 e. The molecule has 1 rings (SSSR count). The van der Waals surface area contributed by atoms with Crippen LogP contribution in [-0.2, 0) is 9.53 Å². The minimum Gasteiger partial charge on any atom is -0.425 e. The minimum atomic E-state index is -0.938. The maximum absolute atomic E-state index is 11.4. The van der Waals surface area contributed by atoms with Crippen LogP contribution in [0.15, 0.2) is 36.6 Å². The van der Waals surface area contributed by atoms with Gasteiger partial charge in [-0.05, 0) is 25.7 Å². The van der Waals surface area contributed by atoms with E-state index in [9.17, 15) is 9.90 Å². The van der Waals surface area contributed by atoms with Crippen LogP contribution in [0.25, 0.3) is 0 Å². The number of aliphatic hydroxyl groups is 1. The van der Waals surface area contributed by atoms with Crippen molar-refractivity contribution in [3.8, 4) is 0 Å². The Morgan fingerprint density at radius 3 is 2.10 bits per heavy atom. The first-order valence-electron chi connectivity index (χ1n) is 7.56. The van der Waals surface area contributed by atoms with Crippen LogP contribution in [-0.4, -0.2) is 17.2 Å². The molecule has 20 heavy (non-hydrogen) atoms. The molecule has 0 aromatic rings. The monoisotopic (exact) mass is 278 g/mol. The third-order valence-electron chi connectivity index (χ3n) is 3.54. The molecule has 3 heteroatoms. The summed E-state index contributed by atoms with van der Waals surface area (Å²) in [6, 6.07) is 0. The van der Waals surface area contributed by atoms with E-state index < -0.39 is 12.1 Å². The van der Waals surface area contributed by atoms with Crippen LogP contribution in [0.4, 0.5) is 0 Å². The van der Waals surface area contributed by atoms with E-state index in [1.165, 1.54) is 32.1 Å². The lowest BCUT2D eigenvalue weighted by molar-refractivity contribution is -0.132. The summed E-state index contributed by atoms with van der Waals surface area (Å²) in [7, 11) is 0. The van der Waals surface area contributed by atoms with Gasteiger partial charge in [-0.25, -0.2) is 4.79 Å². The molecule has 1 heterocycles. The first kappa shape index (κ1) is 16.7. The zero-order valence-electron chi connectivity index (χ0n) is 12.3. The van der Waals surface area contributed by atoms with Gasteiger partial charge in [0, 0.05) is 0 Å². The minimum absolute atomic E-state index is 0.140. The van der Waals surface area contributed by atoms with Gasteiger partial charge in [0.25, 0.3) is 0 Å². The average molecular weight is 278 g/mol. The van der Waals surface area contributed by atoms with Crippen LogP contribution in [0.2, 0.25) is 0 Å². The molecule has 0 bridgehead atoms. The first-order valence-corrected chi connectivity index (χ1v) is 7.56. The molecule has 0 radical (unpaired) electrons. The zero-order chi connectivity index (χ0) is 14.8. The molecule has 1 atom stereocenters. The Bertz CT molecular complexity index is 368. The topological polar surface area (TPSA) is 46.5 Å². The van der Waals surface area contributed by atoms with Crippen molar-refractivity contribution < 1.29 is 14.6 Å². The van der Waals surface area contributed by atoms with E-state index in [1.807, 2.05) is 6.08 Å². The summed E-state index contributed by atoms with van der Waals surface area (Å²) in [6.07, 6.45) is 13.3. The largest absolute Gasteiger partial charge is 0.425 e. The highest BCUT2D eigenvalue weighted by Crippen LogP contribution is 2.23. The van der Waals surface area contributed by atoms with Crippen LogP contribution in [0.5, 0.6) is 0 Å². The molecule has 1 aliphatic heterocycles. The number of hydrogen-bond acceptors (Lipinski definition) is 3. The van der Waals surface area contributed by atoms with E-state index in [1.54, 1.807) is 6.08 Å². The van der Waals surface area contributed by atoms with Crippen molar-refractivity contribution in [1.29, 1.82) is 0 Å². The molecule has 0 unspecified atom stereocenters. The van der Waals surface area contributed by atoms with Gasteiger partial charge in [-0.3, -0.25) is 0 Å². The number of unbranched alkanes of at least 4 members (excludes halogenated alkanes) is 8. The SMILES string of the molecule is C=CCCCCCCCCC/C=C1\C(=O)OC(=C)[C@@H]1O. The van der Waals surface area contributed by atoms with Crippen LogP contribution >= 0.6 is 0 Å². The molecule has 112 valence electrons. The van der Waals surface area contributed by atoms with Gasteiger partial charge in [-0.1, -0.05) is 50.8 Å². The summed E-state index contributed by atoms with van der Waals surface area (Å²) < 4.78 is 4.77. The predicted octanol–water partition coefficient (Wildman–Crippen LogP) is 4.04. The van der Waals surface area contributed by atoms with E-state index in [-0.39, 0.29) is 5.76 Å². The van der Waals surface area contributed by atoms with Crippen molar-refractivity contribution in [3.63, 3.8) is 0 Å². The Kier molecular flexibility index (Phi) is 7.97. The summed E-state index contributed by atoms with van der Waals surface area (Å²) in [6.45, 7) is 7.21. The van der Waals surface area contributed by atoms with E-state index in [4.69, 9.17) is 4.74 Å². The van der Waals surface area contributed by atoms with Gasteiger partial charge >= 0.3 is 5.97 Å². The van der Waals surface area contributed by atoms with Crippen molar-refractivity contribution in [1.82, 2.24) is 0 Å². The maximum atomic E-state index is 11.4. The molecule has 0 amide bonds. The van der Waals surface area contributed by atoms with Gasteiger partial charge in [0.05, 0.1) is 5.57 Å². The highest BCUT2D eigenvalue weighted by atomic mass is 16.6. The third-order valence-corrected chi connectivity index (χ3v) is 3.54. The summed E-state index contributed by atoms with van der Waals surface area (Å²) >= 11 is 0. The Hall–Kier alpha value is -1.35. The van der Waals surface area contributed by atoms with Gasteiger partial charge in [-0.15, -0.1) is 6.58 Å². The second-order valence-corrected chi connectivity index (χ2v) is 5.26. The standard InChI is InChI=1S/C17H26O3/c1-3-4-5-6-7-8-9-10-11-12-13-15-16(18)14(2)20-17(15)19/h3,13,16,18H,1-2,4-12H2/b15-13-/t16-/m0/s1. The summed E-state index contributed by atoms with van der Waals surface area (Å²) in [5.41, 5.74) is 0.347. The number of esters is 1. The fourth-order valence-corrected chi connectivity index (χ4v) is 2.29. The fraction of sp³-hybridized carbons (Fsp3) is 0.588. The Balaban J connectivity index is 2.03. The normalized spacial score (nSPS) is 20.4. The lowest BCUT2D eigenvalue weighted by atomic mass is 10.1. The fourth-order valence-electron chi connectivity index (χ4n) is 2.29. The van der Waals surface area contributed by atoms with Gasteiger partial charge < -0.3 is 9.84 Å². The molecule has 1 N–H and O–H groups in total. The molecule has 0 aliphatic carbocycles. The molecule has 0 saturated carbocycles. The van der Waals surface area contributed by atoms with Crippen LogP contribution in [0, 0.1) is 0 Å². The second kappa shape index (κ2) is 9.54. The first-order chi connectivity index (χ1) is 9.66. The molecule has 0 spiro atoms. The lowest BCUT2D eigenvalue weighted by Crippen LogP contribution is -2.07. The number of allylic oxidation sites excluding steroid dienone is 2. The lowest BCUT2D eigenvalue weighted by Gasteiger charge is -2.01. The van der Waals surface area contributed by atoms with Crippen LogP contribution in [0.1, 0.15) is 57.8 Å². The molecular formula is C17H26O3. The molecule has 1 fully saturated rings. The van der Waals surface area contributed by atoms with E-state index in [0.717, 1.165) is 25.7 Å². The van der Waals surface area contributed by atoms with E-state index in [2.05, 4.69) is 13.2 Å². The van der Waals surface area contributed by atoms with E-state index in [0.29, 0.717) is 5.57 Å². The highest BCUT2D eigenvalue weighted by Gasteiger charge is 2.32. The van der Waals surface area contributed by atoms with Gasteiger partial charge in [0.2, 0.25) is 0 Å². The molecule has 1 aliphatic rings. The Labute approximate surface area is 122 Å². The van der Waals surface area contributed by atoms with Crippen molar-refractivity contribution in [2.75, 3.05) is 0 Å². The smallest absolute Gasteiger partial charge is 0.341 e.